The normalized spacial score (nSPS) is 6.27. The number of rotatable bonds is 2. The van der Waals surface area contributed by atoms with Gasteiger partial charge in [-0.15, -0.1) is 0 Å². The van der Waals surface area contributed by atoms with Crippen molar-refractivity contribution in [3.05, 3.63) is 11.5 Å². The maximum atomic E-state index is 9.00. The van der Waals surface area contributed by atoms with Crippen molar-refractivity contribution >= 4 is 29.1 Å². The average molecular weight is 275 g/mol. The predicted octanol–water partition coefficient (Wildman–Crippen LogP) is -8.05. The fraction of sp³-hybridized carbons (Fsp3) is 0.400. The summed E-state index contributed by atoms with van der Waals surface area (Å²) in [4.78, 5) is 9.00. The molecule has 0 bridgehead atoms. The Hall–Kier alpha value is -0.124. The Morgan fingerprint density at radius 3 is 1.20 bits per heavy atom. The topological polar surface area (TPSA) is 150 Å². The molecular weight excluding hydrogens is 263 g/mol. The molecule has 8 N–H and O–H groups in total. The summed E-state index contributed by atoms with van der Waals surface area (Å²) in [6, 6.07) is -0.833. The molecule has 0 spiro atoms. The molecule has 0 saturated carbocycles. The molecule has 10 heteroatoms. The van der Waals surface area contributed by atoms with Crippen molar-refractivity contribution in [3.63, 3.8) is 0 Å². The van der Waals surface area contributed by atoms with Gasteiger partial charge in [-0.25, -0.2) is 4.79 Å². The number of hydrogen-bond acceptors (Lipinski definition) is 5. The summed E-state index contributed by atoms with van der Waals surface area (Å²) in [6.07, 6.45) is 0. The zero-order valence-electron chi connectivity index (χ0n) is 7.73. The van der Waals surface area contributed by atoms with Gasteiger partial charge >= 0.3 is 29.1 Å². The number of carbonyl (C=O) groups excluding carboxylic acids is 1. The van der Waals surface area contributed by atoms with Crippen molar-refractivity contribution in [1.29, 1.82) is 0 Å². The van der Waals surface area contributed by atoms with Crippen molar-refractivity contribution in [2.75, 3.05) is 13.2 Å². The Morgan fingerprint density at radius 1 is 1.00 bits per heavy atom. The average Bonchev–Trinajstić information content (AvgIpc) is 1.87. The Labute approximate surface area is 115 Å². The molecule has 0 aromatic carbocycles. The third kappa shape index (κ3) is 31.5. The Bertz CT molecular complexity index is 167. The maximum Gasteiger partial charge on any atom is 2.00 e. The standard InChI is InChI=1S/C4H8O4.CH4N2O.2ClH.Mg/c5-1-3(2-6)4(7)8;2-1(3)4;;;/h5-8H,1-2H2;(H4,2,3,4);2*1H;/q;;;;+2/p-2. The quantitative estimate of drug-likeness (QED) is 0.218. The van der Waals surface area contributed by atoms with Gasteiger partial charge in [0, 0.05) is 0 Å². The van der Waals surface area contributed by atoms with Crippen LogP contribution in [-0.2, 0) is 0 Å². The molecule has 0 saturated heterocycles. The minimum absolute atomic E-state index is 0. The summed E-state index contributed by atoms with van der Waals surface area (Å²) in [5.41, 5.74) is 8.32. The first kappa shape index (κ1) is 29.4. The van der Waals surface area contributed by atoms with Crippen molar-refractivity contribution in [2.24, 2.45) is 11.5 Å². The Balaban J connectivity index is -0.0000000424. The zero-order chi connectivity index (χ0) is 10.1. The number of urea groups is 1. The van der Waals surface area contributed by atoms with Crippen molar-refractivity contribution in [3.8, 4) is 0 Å². The van der Waals surface area contributed by atoms with Crippen LogP contribution in [-0.4, -0.2) is 62.7 Å². The molecular formula is C5H12Cl2MgN2O5. The van der Waals surface area contributed by atoms with E-state index in [1.165, 1.54) is 0 Å². The van der Waals surface area contributed by atoms with Crippen LogP contribution in [0.15, 0.2) is 11.5 Å². The first-order valence-corrected chi connectivity index (χ1v) is 2.82. The third-order valence-electron chi connectivity index (χ3n) is 0.698. The van der Waals surface area contributed by atoms with E-state index in [-0.39, 0.29) is 53.4 Å². The van der Waals surface area contributed by atoms with Gasteiger partial charge in [0.25, 0.3) is 5.95 Å². The molecule has 0 rings (SSSR count). The van der Waals surface area contributed by atoms with Crippen LogP contribution in [0.1, 0.15) is 0 Å². The van der Waals surface area contributed by atoms with Crippen LogP contribution in [0.4, 0.5) is 4.79 Å². The summed E-state index contributed by atoms with van der Waals surface area (Å²) in [5.74, 6) is -1.00. The Morgan fingerprint density at radius 2 is 1.20 bits per heavy atom. The molecule has 0 fully saturated rings. The van der Waals surface area contributed by atoms with Crippen LogP contribution < -0.4 is 36.3 Å². The summed E-state index contributed by atoms with van der Waals surface area (Å²) >= 11 is 0. The van der Waals surface area contributed by atoms with Gasteiger partial charge in [0.15, 0.2) is 0 Å². The number of carbonyl (C=O) groups is 1. The number of hydrogen-bond donors (Lipinski definition) is 6. The summed E-state index contributed by atoms with van der Waals surface area (Å²) in [7, 11) is 0. The molecule has 7 nitrogen and oxygen atoms in total. The second kappa shape index (κ2) is 19.4. The van der Waals surface area contributed by atoms with E-state index in [1.54, 1.807) is 0 Å². The minimum Gasteiger partial charge on any atom is -1.00 e. The van der Waals surface area contributed by atoms with Crippen LogP contribution in [0.2, 0.25) is 0 Å². The SMILES string of the molecule is NC(N)=O.OCC(CO)=C(O)O.[Cl-].[Cl-].[Mg+2]. The van der Waals surface area contributed by atoms with Gasteiger partial charge < -0.3 is 56.7 Å². The molecule has 0 aliphatic rings. The smallest absolute Gasteiger partial charge is 1.00 e. The summed E-state index contributed by atoms with van der Waals surface area (Å²) in [5, 5.41) is 32.6. The number of halogens is 2. The number of nitrogens with two attached hydrogens (primary N) is 2. The Kier molecular flexibility index (Phi) is 38.1. The molecule has 0 radical (unpaired) electrons. The van der Waals surface area contributed by atoms with Gasteiger partial charge in [-0.2, -0.15) is 0 Å². The van der Waals surface area contributed by atoms with Crippen molar-refractivity contribution in [1.82, 2.24) is 0 Å². The number of amides is 2. The second-order valence-electron chi connectivity index (χ2n) is 1.65. The van der Waals surface area contributed by atoms with Crippen LogP contribution >= 0.6 is 0 Å². The van der Waals surface area contributed by atoms with E-state index in [1.807, 2.05) is 0 Å². The first-order valence-electron chi connectivity index (χ1n) is 2.82. The van der Waals surface area contributed by atoms with Crippen LogP contribution in [0.3, 0.4) is 0 Å². The van der Waals surface area contributed by atoms with Crippen molar-refractivity contribution in [2.45, 2.75) is 0 Å². The molecule has 88 valence electrons. The molecule has 0 heterocycles. The monoisotopic (exact) mass is 274 g/mol. The fourth-order valence-electron chi connectivity index (χ4n) is 0.191. The summed E-state index contributed by atoms with van der Waals surface area (Å²) in [6.45, 7) is -1.06. The largest absolute Gasteiger partial charge is 2.00 e. The van der Waals surface area contributed by atoms with Crippen LogP contribution in [0.25, 0.3) is 0 Å². The van der Waals surface area contributed by atoms with E-state index < -0.39 is 25.2 Å². The summed E-state index contributed by atoms with van der Waals surface area (Å²) < 4.78 is 0. The van der Waals surface area contributed by atoms with E-state index >= 15 is 0 Å². The number of aliphatic hydroxyl groups is 4. The van der Waals surface area contributed by atoms with E-state index in [9.17, 15) is 0 Å². The molecule has 0 atom stereocenters. The van der Waals surface area contributed by atoms with Gasteiger partial charge in [0.2, 0.25) is 0 Å². The van der Waals surface area contributed by atoms with Gasteiger partial charge in [-0.1, -0.05) is 0 Å². The maximum absolute atomic E-state index is 9.00. The van der Waals surface area contributed by atoms with E-state index in [0.29, 0.717) is 0 Å². The van der Waals surface area contributed by atoms with Gasteiger partial charge in [0.05, 0.1) is 18.8 Å². The minimum atomic E-state index is -1.00. The second-order valence-corrected chi connectivity index (χ2v) is 1.65. The van der Waals surface area contributed by atoms with E-state index in [0.717, 1.165) is 0 Å². The third-order valence-corrected chi connectivity index (χ3v) is 0.698. The number of primary amides is 2. The predicted molar refractivity (Wildman–Crippen MR) is 46.0 cm³/mol. The van der Waals surface area contributed by atoms with Crippen molar-refractivity contribution < 1.29 is 50.0 Å². The number of aliphatic hydroxyl groups excluding tert-OH is 3. The fourth-order valence-corrected chi connectivity index (χ4v) is 0.191. The molecule has 0 unspecified atom stereocenters. The molecule has 0 aliphatic heterocycles. The first-order chi connectivity index (χ1) is 5.45. The molecule has 0 aromatic rings. The van der Waals surface area contributed by atoms with E-state index in [4.69, 9.17) is 25.2 Å². The van der Waals surface area contributed by atoms with Crippen LogP contribution in [0.5, 0.6) is 0 Å². The van der Waals surface area contributed by atoms with Crippen LogP contribution in [0, 0.1) is 0 Å². The molecule has 15 heavy (non-hydrogen) atoms. The van der Waals surface area contributed by atoms with Gasteiger partial charge in [-0.3, -0.25) is 0 Å². The molecule has 0 aliphatic carbocycles. The van der Waals surface area contributed by atoms with Gasteiger partial charge in [-0.05, 0) is 0 Å². The molecule has 2 amide bonds. The van der Waals surface area contributed by atoms with Gasteiger partial charge in [0.1, 0.15) is 0 Å². The molecule has 0 aromatic heterocycles. The zero-order valence-corrected chi connectivity index (χ0v) is 10.7. The van der Waals surface area contributed by atoms with E-state index in [2.05, 4.69) is 11.5 Å².